The molecule has 2 aromatic rings. The highest BCUT2D eigenvalue weighted by Gasteiger charge is 2.30. The van der Waals surface area contributed by atoms with Gasteiger partial charge in [-0.3, -0.25) is 9.69 Å². The van der Waals surface area contributed by atoms with Gasteiger partial charge in [-0.2, -0.15) is 0 Å². The van der Waals surface area contributed by atoms with Crippen LogP contribution in [0.3, 0.4) is 0 Å². The van der Waals surface area contributed by atoms with Gasteiger partial charge >= 0.3 is 0 Å². The fourth-order valence-electron chi connectivity index (χ4n) is 4.78. The van der Waals surface area contributed by atoms with Crippen LogP contribution in [-0.2, 0) is 11.3 Å². The topological polar surface area (TPSA) is 58.4 Å². The summed E-state index contributed by atoms with van der Waals surface area (Å²) in [6, 6.07) is 7.91. The predicted molar refractivity (Wildman–Crippen MR) is 119 cm³/mol. The third kappa shape index (κ3) is 5.06. The molecule has 2 fully saturated rings. The Labute approximate surface area is 184 Å². The molecule has 1 N–H and O–H groups in total. The lowest BCUT2D eigenvalue weighted by molar-refractivity contribution is -0.128. The average molecular weight is 430 g/mol. The van der Waals surface area contributed by atoms with E-state index in [-0.39, 0.29) is 11.8 Å². The quantitative estimate of drug-likeness (QED) is 0.708. The van der Waals surface area contributed by atoms with Crippen LogP contribution in [-0.4, -0.2) is 34.9 Å². The van der Waals surface area contributed by atoms with Gasteiger partial charge in [0.2, 0.25) is 11.8 Å². The first-order valence-corrected chi connectivity index (χ1v) is 11.6. The number of nitrogens with one attached hydrogen (secondary N) is 1. The Morgan fingerprint density at radius 2 is 2.10 bits per heavy atom. The zero-order chi connectivity index (χ0) is 21.1. The Morgan fingerprint density at radius 3 is 2.90 bits per heavy atom. The van der Waals surface area contributed by atoms with Crippen molar-refractivity contribution in [1.82, 2.24) is 15.2 Å². The molecule has 3 atom stereocenters. The molecule has 1 aromatic heterocycles. The smallest absolute Gasteiger partial charge is 0.226 e. The van der Waals surface area contributed by atoms with Crippen molar-refractivity contribution in [2.24, 2.45) is 11.8 Å². The number of hydrogen-bond donors (Lipinski definition) is 1. The number of oxazole rings is 1. The number of halogens is 1. The largest absolute Gasteiger partial charge is 0.441 e. The van der Waals surface area contributed by atoms with Crippen LogP contribution in [0.15, 0.2) is 28.7 Å². The molecule has 30 heavy (non-hydrogen) atoms. The third-order valence-corrected chi connectivity index (χ3v) is 6.89. The summed E-state index contributed by atoms with van der Waals surface area (Å²) in [5.74, 6) is 2.31. The van der Waals surface area contributed by atoms with Crippen molar-refractivity contribution >= 4 is 17.5 Å². The van der Waals surface area contributed by atoms with Gasteiger partial charge in [-0.05, 0) is 63.3 Å². The standard InChI is InChI=1S/C24H32ClN3O2/c1-16-7-3-4-11-21(16)26-23(29)19-9-6-12-28(14-19)15-22-17(2)30-24(27-22)18-8-5-10-20(25)13-18/h5,8,10,13,16,19,21H,3-4,6-7,9,11-12,14-15H2,1-2H3,(H,26,29)/t16-,19-,21+/m0/s1. The molecule has 1 aliphatic heterocycles. The summed E-state index contributed by atoms with van der Waals surface area (Å²) in [7, 11) is 0. The first kappa shape index (κ1) is 21.4. The van der Waals surface area contributed by atoms with Crippen LogP contribution in [0.2, 0.25) is 5.02 Å². The van der Waals surface area contributed by atoms with Crippen molar-refractivity contribution in [3.8, 4) is 11.5 Å². The molecule has 6 heteroatoms. The molecule has 0 unspecified atom stereocenters. The third-order valence-electron chi connectivity index (χ3n) is 6.65. The molecule has 1 saturated heterocycles. The van der Waals surface area contributed by atoms with Crippen molar-refractivity contribution in [3.63, 3.8) is 0 Å². The minimum absolute atomic E-state index is 0.0625. The number of aromatic nitrogens is 1. The maximum Gasteiger partial charge on any atom is 0.226 e. The normalized spacial score (nSPS) is 25.2. The number of hydrogen-bond acceptors (Lipinski definition) is 4. The molecule has 162 valence electrons. The molecule has 2 aliphatic rings. The molecule has 1 aromatic carbocycles. The Kier molecular flexibility index (Phi) is 6.79. The molecule has 1 amide bonds. The van der Waals surface area contributed by atoms with E-state index in [1.807, 2.05) is 31.2 Å². The van der Waals surface area contributed by atoms with E-state index in [9.17, 15) is 4.79 Å². The van der Waals surface area contributed by atoms with Gasteiger partial charge in [0.05, 0.1) is 11.6 Å². The second-order valence-electron chi connectivity index (χ2n) is 8.98. The molecule has 4 rings (SSSR count). The lowest BCUT2D eigenvalue weighted by Crippen LogP contribution is -2.48. The number of carbonyl (C=O) groups is 1. The van der Waals surface area contributed by atoms with Crippen molar-refractivity contribution < 1.29 is 9.21 Å². The molecule has 0 bridgehead atoms. The molecule has 1 saturated carbocycles. The summed E-state index contributed by atoms with van der Waals surface area (Å²) < 4.78 is 5.91. The van der Waals surface area contributed by atoms with Crippen LogP contribution in [0.25, 0.3) is 11.5 Å². The van der Waals surface area contributed by atoms with Crippen LogP contribution >= 0.6 is 11.6 Å². The Bertz CT molecular complexity index is 881. The molecule has 2 heterocycles. The number of piperidine rings is 1. The first-order valence-electron chi connectivity index (χ1n) is 11.2. The molecule has 0 radical (unpaired) electrons. The first-order chi connectivity index (χ1) is 14.5. The average Bonchev–Trinajstić information content (AvgIpc) is 3.10. The van der Waals surface area contributed by atoms with Crippen LogP contribution in [0.1, 0.15) is 56.9 Å². The van der Waals surface area contributed by atoms with Crippen molar-refractivity contribution in [2.75, 3.05) is 13.1 Å². The highest BCUT2D eigenvalue weighted by Crippen LogP contribution is 2.27. The van der Waals surface area contributed by atoms with E-state index < -0.39 is 0 Å². The molecule has 5 nitrogen and oxygen atoms in total. The van der Waals surface area contributed by atoms with E-state index >= 15 is 0 Å². The van der Waals surface area contributed by atoms with Crippen LogP contribution < -0.4 is 5.32 Å². The Morgan fingerprint density at radius 1 is 1.27 bits per heavy atom. The molecule has 0 spiro atoms. The van der Waals surface area contributed by atoms with Crippen molar-refractivity contribution in [2.45, 2.75) is 65.0 Å². The second kappa shape index (κ2) is 9.52. The monoisotopic (exact) mass is 429 g/mol. The van der Waals surface area contributed by atoms with Gasteiger partial charge in [0, 0.05) is 29.7 Å². The maximum atomic E-state index is 12.9. The summed E-state index contributed by atoms with van der Waals surface area (Å²) in [4.78, 5) is 20.0. The van der Waals surface area contributed by atoms with E-state index in [2.05, 4.69) is 17.1 Å². The van der Waals surface area contributed by atoms with Crippen molar-refractivity contribution in [1.29, 1.82) is 0 Å². The summed E-state index contributed by atoms with van der Waals surface area (Å²) >= 11 is 6.11. The van der Waals surface area contributed by atoms with Gasteiger partial charge in [0.25, 0.3) is 0 Å². The highest BCUT2D eigenvalue weighted by molar-refractivity contribution is 6.30. The van der Waals surface area contributed by atoms with Gasteiger partial charge < -0.3 is 9.73 Å². The fourth-order valence-corrected chi connectivity index (χ4v) is 4.97. The Hall–Kier alpha value is -1.85. The molecular formula is C24H32ClN3O2. The van der Waals surface area contributed by atoms with E-state index in [0.29, 0.717) is 29.4 Å². The van der Waals surface area contributed by atoms with E-state index in [1.165, 1.54) is 19.3 Å². The SMILES string of the molecule is Cc1oc(-c2cccc(Cl)c2)nc1CN1CCC[C@H](C(=O)N[C@@H]2CCCC[C@@H]2C)C1. The minimum Gasteiger partial charge on any atom is -0.441 e. The van der Waals surface area contributed by atoms with Crippen LogP contribution in [0.5, 0.6) is 0 Å². The summed E-state index contributed by atoms with van der Waals surface area (Å²) in [5, 5.41) is 4.02. The van der Waals surface area contributed by atoms with Crippen LogP contribution in [0.4, 0.5) is 0 Å². The number of nitrogens with zero attached hydrogens (tertiary/aromatic N) is 2. The predicted octanol–water partition coefficient (Wildman–Crippen LogP) is 5.21. The van der Waals surface area contributed by atoms with Gasteiger partial charge in [-0.25, -0.2) is 4.98 Å². The number of amides is 1. The summed E-state index contributed by atoms with van der Waals surface area (Å²) in [6.45, 7) is 6.70. The van der Waals surface area contributed by atoms with Gasteiger partial charge in [-0.15, -0.1) is 0 Å². The number of benzene rings is 1. The van der Waals surface area contributed by atoms with Gasteiger partial charge in [0.1, 0.15) is 5.76 Å². The highest BCUT2D eigenvalue weighted by atomic mass is 35.5. The van der Waals surface area contributed by atoms with Crippen molar-refractivity contribution in [3.05, 3.63) is 40.7 Å². The lowest BCUT2D eigenvalue weighted by Gasteiger charge is -2.34. The molecule has 1 aliphatic carbocycles. The van der Waals surface area contributed by atoms with Gasteiger partial charge in [0.15, 0.2) is 0 Å². The second-order valence-corrected chi connectivity index (χ2v) is 9.42. The minimum atomic E-state index is 0.0625. The van der Waals surface area contributed by atoms with E-state index in [4.69, 9.17) is 21.0 Å². The maximum absolute atomic E-state index is 12.9. The number of aryl methyl sites for hydroxylation is 1. The summed E-state index contributed by atoms with van der Waals surface area (Å²) in [5.41, 5.74) is 1.82. The van der Waals surface area contributed by atoms with Gasteiger partial charge in [-0.1, -0.05) is 37.4 Å². The lowest BCUT2D eigenvalue weighted by atomic mass is 9.85. The number of likely N-dealkylation sites (tertiary alicyclic amines) is 1. The van der Waals surface area contributed by atoms with E-state index in [0.717, 1.165) is 49.4 Å². The number of carbonyl (C=O) groups excluding carboxylic acids is 1. The number of rotatable bonds is 5. The molecular weight excluding hydrogens is 398 g/mol. The zero-order valence-corrected chi connectivity index (χ0v) is 18.8. The Balaban J connectivity index is 1.37. The zero-order valence-electron chi connectivity index (χ0n) is 18.0. The van der Waals surface area contributed by atoms with Crippen LogP contribution in [0, 0.1) is 18.8 Å². The van der Waals surface area contributed by atoms with E-state index in [1.54, 1.807) is 0 Å². The fraction of sp³-hybridized carbons (Fsp3) is 0.583. The summed E-state index contributed by atoms with van der Waals surface area (Å²) in [6.07, 6.45) is 6.87.